The number of fused-ring (bicyclic) bond motifs is 2. The van der Waals surface area contributed by atoms with Crippen molar-refractivity contribution in [2.45, 2.75) is 12.8 Å². The van der Waals surface area contributed by atoms with Crippen molar-refractivity contribution in [3.8, 4) is 0 Å². The maximum absolute atomic E-state index is 5.76. The lowest BCUT2D eigenvalue weighted by molar-refractivity contribution is 0.261. The van der Waals surface area contributed by atoms with Crippen molar-refractivity contribution < 1.29 is 0 Å². The zero-order valence-corrected chi connectivity index (χ0v) is 18.7. The van der Waals surface area contributed by atoms with Crippen molar-refractivity contribution in [3.05, 3.63) is 78.0 Å². The number of hydrogen-bond acceptors (Lipinski definition) is 3. The highest BCUT2D eigenvalue weighted by Crippen LogP contribution is 2.27. The van der Waals surface area contributed by atoms with Crippen LogP contribution in [0.25, 0.3) is 21.7 Å². The molecule has 31 heavy (non-hydrogen) atoms. The molecule has 1 aromatic heterocycles. The Labute approximate surface area is 190 Å². The zero-order chi connectivity index (χ0) is 20.3. The van der Waals surface area contributed by atoms with Crippen molar-refractivity contribution in [2.75, 3.05) is 44.2 Å². The minimum absolute atomic E-state index is 0. The smallest absolute Gasteiger partial charge is 0.0456 e. The summed E-state index contributed by atoms with van der Waals surface area (Å²) >= 11 is 0. The Morgan fingerprint density at radius 2 is 1.65 bits per heavy atom. The largest absolute Gasteiger partial charge is 0.368 e. The first kappa shape index (κ1) is 21.7. The summed E-state index contributed by atoms with van der Waals surface area (Å²) in [5.74, 6) is 0. The first-order valence-electron chi connectivity index (χ1n) is 11.1. The summed E-state index contributed by atoms with van der Waals surface area (Å²) in [7, 11) is 0. The normalized spacial score (nSPS) is 14.8. The number of aromatic amines is 1. The first-order chi connectivity index (χ1) is 14.8. The minimum Gasteiger partial charge on any atom is -0.368 e. The fourth-order valence-corrected chi connectivity index (χ4v) is 4.73. The van der Waals surface area contributed by atoms with E-state index in [2.05, 4.69) is 81.6 Å². The summed E-state index contributed by atoms with van der Waals surface area (Å²) in [5.41, 5.74) is 11.1. The van der Waals surface area contributed by atoms with E-state index in [1.165, 1.54) is 38.5 Å². The number of anilines is 1. The number of nitrogens with two attached hydrogens (primary N) is 1. The lowest BCUT2D eigenvalue weighted by Crippen LogP contribution is -2.47. The molecule has 0 atom stereocenters. The molecule has 0 aliphatic carbocycles. The van der Waals surface area contributed by atoms with Gasteiger partial charge in [0.15, 0.2) is 0 Å². The van der Waals surface area contributed by atoms with Crippen molar-refractivity contribution in [2.24, 2.45) is 5.73 Å². The van der Waals surface area contributed by atoms with Crippen LogP contribution < -0.4 is 10.6 Å². The van der Waals surface area contributed by atoms with Crippen LogP contribution in [0.1, 0.15) is 11.1 Å². The van der Waals surface area contributed by atoms with Crippen LogP contribution in [0.2, 0.25) is 0 Å². The van der Waals surface area contributed by atoms with Gasteiger partial charge in [-0.1, -0.05) is 42.5 Å². The summed E-state index contributed by atoms with van der Waals surface area (Å²) in [6, 6.07) is 22.2. The van der Waals surface area contributed by atoms with Crippen LogP contribution in [0.4, 0.5) is 5.69 Å². The van der Waals surface area contributed by atoms with Crippen molar-refractivity contribution >= 4 is 39.8 Å². The van der Waals surface area contributed by atoms with Crippen LogP contribution in [-0.2, 0) is 12.8 Å². The van der Waals surface area contributed by atoms with Gasteiger partial charge in [0, 0.05) is 60.9 Å². The quantitative estimate of drug-likeness (QED) is 0.466. The third-order valence-electron chi connectivity index (χ3n) is 6.44. The summed E-state index contributed by atoms with van der Waals surface area (Å²) in [6.07, 6.45) is 4.13. The maximum atomic E-state index is 5.76. The standard InChI is InChI=1S/C26H30N4.ClH/c27-12-10-22-19-28-25-9-8-20(18-24(22)25)11-13-29-14-16-30(17-15-29)26-7-3-5-21-4-1-2-6-23(21)26;/h1-9,18-19,28H,10-17,27H2;1H. The molecular weight excluding hydrogens is 404 g/mol. The molecule has 1 aliphatic heterocycles. The Morgan fingerprint density at radius 3 is 2.48 bits per heavy atom. The van der Waals surface area contributed by atoms with Gasteiger partial charge in [0.25, 0.3) is 0 Å². The first-order valence-corrected chi connectivity index (χ1v) is 11.1. The summed E-state index contributed by atoms with van der Waals surface area (Å²) in [5, 5.41) is 4.02. The fraction of sp³-hybridized carbons (Fsp3) is 0.308. The van der Waals surface area contributed by atoms with Gasteiger partial charge in [0.2, 0.25) is 0 Å². The van der Waals surface area contributed by atoms with E-state index in [1.54, 1.807) is 0 Å². The predicted molar refractivity (Wildman–Crippen MR) is 135 cm³/mol. The van der Waals surface area contributed by atoms with E-state index in [9.17, 15) is 0 Å². The van der Waals surface area contributed by atoms with Crippen molar-refractivity contribution in [3.63, 3.8) is 0 Å². The van der Waals surface area contributed by atoms with Gasteiger partial charge in [0.05, 0.1) is 0 Å². The molecule has 0 spiro atoms. The van der Waals surface area contributed by atoms with E-state index >= 15 is 0 Å². The number of benzene rings is 3. The highest BCUT2D eigenvalue weighted by molar-refractivity contribution is 5.94. The second-order valence-electron chi connectivity index (χ2n) is 8.31. The second-order valence-corrected chi connectivity index (χ2v) is 8.31. The molecule has 1 fully saturated rings. The second kappa shape index (κ2) is 9.73. The van der Waals surface area contributed by atoms with Crippen LogP contribution in [0, 0.1) is 0 Å². The summed E-state index contributed by atoms with van der Waals surface area (Å²) < 4.78 is 0. The van der Waals surface area contributed by atoms with Gasteiger partial charge in [-0.3, -0.25) is 4.90 Å². The molecule has 0 unspecified atom stereocenters. The number of rotatable bonds is 6. The van der Waals surface area contributed by atoms with Gasteiger partial charge >= 0.3 is 0 Å². The minimum atomic E-state index is 0. The van der Waals surface area contributed by atoms with E-state index in [1.807, 2.05) is 0 Å². The highest BCUT2D eigenvalue weighted by atomic mass is 35.5. The molecule has 1 aliphatic rings. The molecular formula is C26H31ClN4. The van der Waals surface area contributed by atoms with Crippen LogP contribution in [-0.4, -0.2) is 49.2 Å². The molecule has 0 amide bonds. The van der Waals surface area contributed by atoms with Gasteiger partial charge in [-0.2, -0.15) is 0 Å². The molecule has 4 nitrogen and oxygen atoms in total. The number of aromatic nitrogens is 1. The zero-order valence-electron chi connectivity index (χ0n) is 17.9. The molecule has 0 bridgehead atoms. The highest BCUT2D eigenvalue weighted by Gasteiger charge is 2.18. The predicted octanol–water partition coefficient (Wildman–Crippen LogP) is 4.61. The number of nitrogens with one attached hydrogen (secondary N) is 1. The van der Waals surface area contributed by atoms with Crippen LogP contribution in [0.3, 0.4) is 0 Å². The molecule has 162 valence electrons. The van der Waals surface area contributed by atoms with Crippen molar-refractivity contribution in [1.82, 2.24) is 9.88 Å². The molecule has 0 saturated carbocycles. The third-order valence-corrected chi connectivity index (χ3v) is 6.44. The Morgan fingerprint density at radius 1 is 0.839 bits per heavy atom. The number of nitrogens with zero attached hydrogens (tertiary/aromatic N) is 2. The average molecular weight is 435 g/mol. The molecule has 5 heteroatoms. The van der Waals surface area contributed by atoms with Gasteiger partial charge in [-0.25, -0.2) is 0 Å². The van der Waals surface area contributed by atoms with E-state index in [0.29, 0.717) is 6.54 Å². The lowest BCUT2D eigenvalue weighted by atomic mass is 10.0. The molecule has 3 aromatic carbocycles. The fourth-order valence-electron chi connectivity index (χ4n) is 4.73. The van der Waals surface area contributed by atoms with Gasteiger partial charge in [0.1, 0.15) is 0 Å². The van der Waals surface area contributed by atoms with E-state index in [0.717, 1.165) is 45.6 Å². The van der Waals surface area contributed by atoms with E-state index in [4.69, 9.17) is 5.73 Å². The SMILES string of the molecule is Cl.NCCc1c[nH]c2ccc(CCN3CCN(c4cccc5ccccc45)CC3)cc12. The van der Waals surface area contributed by atoms with Gasteiger partial charge in [-0.05, 0) is 54.1 Å². The molecule has 2 heterocycles. The van der Waals surface area contributed by atoms with Crippen LogP contribution >= 0.6 is 12.4 Å². The maximum Gasteiger partial charge on any atom is 0.0456 e. The number of hydrogen-bond donors (Lipinski definition) is 2. The lowest BCUT2D eigenvalue weighted by Gasteiger charge is -2.36. The van der Waals surface area contributed by atoms with E-state index < -0.39 is 0 Å². The van der Waals surface area contributed by atoms with E-state index in [-0.39, 0.29) is 12.4 Å². The monoisotopic (exact) mass is 434 g/mol. The van der Waals surface area contributed by atoms with Gasteiger partial charge < -0.3 is 15.6 Å². The average Bonchev–Trinajstić information content (AvgIpc) is 3.20. The van der Waals surface area contributed by atoms with Crippen LogP contribution in [0.15, 0.2) is 66.9 Å². The number of piperazine rings is 1. The molecule has 0 radical (unpaired) electrons. The summed E-state index contributed by atoms with van der Waals surface area (Å²) in [6.45, 7) is 6.22. The Balaban J connectivity index is 0.00000231. The Kier molecular flexibility index (Phi) is 6.81. The third kappa shape index (κ3) is 4.57. The number of halogens is 1. The summed E-state index contributed by atoms with van der Waals surface area (Å²) in [4.78, 5) is 8.51. The molecule has 3 N–H and O–H groups in total. The topological polar surface area (TPSA) is 48.3 Å². The molecule has 5 rings (SSSR count). The molecule has 4 aromatic rings. The van der Waals surface area contributed by atoms with Gasteiger partial charge in [-0.15, -0.1) is 12.4 Å². The van der Waals surface area contributed by atoms with Crippen molar-refractivity contribution in [1.29, 1.82) is 0 Å². The Hall–Kier alpha value is -2.53. The Bertz CT molecular complexity index is 1140. The molecule has 1 saturated heterocycles. The van der Waals surface area contributed by atoms with Crippen LogP contribution in [0.5, 0.6) is 0 Å². The number of H-pyrrole nitrogens is 1.